The van der Waals surface area contributed by atoms with Gasteiger partial charge in [0.15, 0.2) is 5.72 Å². The zero-order chi connectivity index (χ0) is 19.5. The normalized spacial score (nSPS) is 27.3. The first-order valence-corrected chi connectivity index (χ1v) is 10.0. The van der Waals surface area contributed by atoms with E-state index < -0.39 is 5.72 Å². The van der Waals surface area contributed by atoms with Crippen LogP contribution in [0.5, 0.6) is 0 Å². The number of nitrogens with zero attached hydrogens (tertiary/aromatic N) is 4. The molecule has 7 heteroatoms. The molecule has 5 rings (SSSR count). The second-order valence-electron chi connectivity index (χ2n) is 8.07. The smallest absolute Gasteiger partial charge is 0.276 e. The van der Waals surface area contributed by atoms with Crippen LogP contribution < -0.4 is 5.56 Å². The lowest BCUT2D eigenvalue weighted by Gasteiger charge is -2.42. The average Bonchev–Trinajstić information content (AvgIpc) is 3.25. The molecule has 2 atom stereocenters. The molecule has 1 aromatic heterocycles. The van der Waals surface area contributed by atoms with Gasteiger partial charge in [-0.2, -0.15) is 0 Å². The molecule has 3 aliphatic rings. The third kappa shape index (κ3) is 2.36. The molecule has 1 amide bonds. The van der Waals surface area contributed by atoms with Crippen LogP contribution in [0.4, 0.5) is 0 Å². The van der Waals surface area contributed by atoms with Crippen molar-refractivity contribution in [3.8, 4) is 5.69 Å². The van der Waals surface area contributed by atoms with Gasteiger partial charge in [0.1, 0.15) is 0 Å². The molecular formula is C21H26N4O3. The van der Waals surface area contributed by atoms with Crippen LogP contribution in [0.3, 0.4) is 0 Å². The van der Waals surface area contributed by atoms with Gasteiger partial charge in [-0.25, -0.2) is 4.68 Å². The van der Waals surface area contributed by atoms with E-state index in [1.54, 1.807) is 4.68 Å². The third-order valence-electron chi connectivity index (χ3n) is 6.76. The van der Waals surface area contributed by atoms with E-state index in [-0.39, 0.29) is 17.5 Å². The maximum Gasteiger partial charge on any atom is 0.276 e. The van der Waals surface area contributed by atoms with E-state index in [1.165, 1.54) is 0 Å². The van der Waals surface area contributed by atoms with Crippen molar-refractivity contribution in [2.24, 2.45) is 7.05 Å². The SMILES string of the molecule is Cc1c(CN2CC[C@@]34OCCCN3C(=O)C[C@@H]24)c(=O)n(-c2ccccc2)n1C. The van der Waals surface area contributed by atoms with Gasteiger partial charge in [-0.3, -0.25) is 19.2 Å². The molecular weight excluding hydrogens is 356 g/mol. The first-order chi connectivity index (χ1) is 13.5. The summed E-state index contributed by atoms with van der Waals surface area (Å²) in [4.78, 5) is 30.0. The topological polar surface area (TPSA) is 59.7 Å². The summed E-state index contributed by atoms with van der Waals surface area (Å²) in [5.41, 5.74) is 2.15. The van der Waals surface area contributed by atoms with Gasteiger partial charge in [0.25, 0.3) is 5.56 Å². The Morgan fingerprint density at radius 1 is 1.18 bits per heavy atom. The van der Waals surface area contributed by atoms with Gasteiger partial charge in [-0.15, -0.1) is 0 Å². The molecule has 3 aliphatic heterocycles. The number of likely N-dealkylation sites (tertiary alicyclic amines) is 1. The zero-order valence-electron chi connectivity index (χ0n) is 16.4. The number of para-hydroxylation sites is 1. The number of amides is 1. The van der Waals surface area contributed by atoms with E-state index in [1.807, 2.05) is 53.9 Å². The summed E-state index contributed by atoms with van der Waals surface area (Å²) in [6, 6.07) is 9.74. The number of ether oxygens (including phenoxy) is 1. The van der Waals surface area contributed by atoms with E-state index in [0.29, 0.717) is 19.6 Å². The number of carbonyl (C=O) groups excluding carboxylic acids is 1. The van der Waals surface area contributed by atoms with Crippen molar-refractivity contribution >= 4 is 5.91 Å². The van der Waals surface area contributed by atoms with E-state index >= 15 is 0 Å². The van der Waals surface area contributed by atoms with E-state index in [0.717, 1.165) is 42.9 Å². The number of hydrogen-bond donors (Lipinski definition) is 0. The molecule has 3 fully saturated rings. The maximum absolute atomic E-state index is 13.2. The molecule has 3 saturated heterocycles. The Kier molecular flexibility index (Phi) is 4.00. The number of benzene rings is 1. The molecule has 0 N–H and O–H groups in total. The Balaban J connectivity index is 1.48. The minimum Gasteiger partial charge on any atom is -0.354 e. The summed E-state index contributed by atoms with van der Waals surface area (Å²) >= 11 is 0. The molecule has 1 spiro atoms. The predicted molar refractivity (Wildman–Crippen MR) is 104 cm³/mol. The number of rotatable bonds is 3. The number of hydrogen-bond acceptors (Lipinski definition) is 4. The van der Waals surface area contributed by atoms with E-state index in [4.69, 9.17) is 4.74 Å². The molecule has 0 aliphatic carbocycles. The minimum atomic E-state index is -0.476. The maximum atomic E-state index is 13.2. The first kappa shape index (κ1) is 17.7. The Morgan fingerprint density at radius 3 is 2.75 bits per heavy atom. The predicted octanol–water partition coefficient (Wildman–Crippen LogP) is 1.41. The summed E-state index contributed by atoms with van der Waals surface area (Å²) in [5, 5.41) is 0. The number of carbonyl (C=O) groups is 1. The molecule has 0 unspecified atom stereocenters. The summed E-state index contributed by atoms with van der Waals surface area (Å²) in [7, 11) is 1.92. The second-order valence-corrected chi connectivity index (χ2v) is 8.07. The van der Waals surface area contributed by atoms with Crippen molar-refractivity contribution < 1.29 is 9.53 Å². The largest absolute Gasteiger partial charge is 0.354 e. The second kappa shape index (κ2) is 6.32. The van der Waals surface area contributed by atoms with Crippen LogP contribution in [0.1, 0.15) is 30.5 Å². The van der Waals surface area contributed by atoms with Gasteiger partial charge < -0.3 is 9.64 Å². The van der Waals surface area contributed by atoms with Crippen molar-refractivity contribution in [1.29, 1.82) is 0 Å². The lowest BCUT2D eigenvalue weighted by atomic mass is 10.0. The minimum absolute atomic E-state index is 0.0119. The molecule has 4 heterocycles. The van der Waals surface area contributed by atoms with E-state index in [9.17, 15) is 9.59 Å². The molecule has 7 nitrogen and oxygen atoms in total. The van der Waals surface area contributed by atoms with Crippen LogP contribution in [0.2, 0.25) is 0 Å². The van der Waals surface area contributed by atoms with Gasteiger partial charge in [0, 0.05) is 45.2 Å². The molecule has 148 valence electrons. The van der Waals surface area contributed by atoms with Gasteiger partial charge in [-0.1, -0.05) is 18.2 Å². The van der Waals surface area contributed by atoms with Crippen molar-refractivity contribution in [3.63, 3.8) is 0 Å². The molecule has 2 aromatic rings. The highest BCUT2D eigenvalue weighted by Crippen LogP contribution is 2.45. The van der Waals surface area contributed by atoms with Gasteiger partial charge >= 0.3 is 0 Å². The Hall–Kier alpha value is -2.38. The van der Waals surface area contributed by atoms with Crippen LogP contribution in [-0.4, -0.2) is 56.5 Å². The Bertz CT molecular complexity index is 980. The van der Waals surface area contributed by atoms with Crippen LogP contribution in [-0.2, 0) is 23.1 Å². The lowest BCUT2D eigenvalue weighted by Crippen LogP contribution is -2.56. The van der Waals surface area contributed by atoms with Crippen molar-refractivity contribution in [2.75, 3.05) is 19.7 Å². The van der Waals surface area contributed by atoms with Gasteiger partial charge in [0.2, 0.25) is 5.91 Å². The molecule has 28 heavy (non-hydrogen) atoms. The summed E-state index contributed by atoms with van der Waals surface area (Å²) in [5.74, 6) is 0.181. The monoisotopic (exact) mass is 382 g/mol. The van der Waals surface area contributed by atoms with Crippen LogP contribution >= 0.6 is 0 Å². The van der Waals surface area contributed by atoms with E-state index in [2.05, 4.69) is 4.90 Å². The third-order valence-corrected chi connectivity index (χ3v) is 6.76. The summed E-state index contributed by atoms with van der Waals surface area (Å²) in [6.07, 6.45) is 2.21. The highest BCUT2D eigenvalue weighted by Gasteiger charge is 2.60. The van der Waals surface area contributed by atoms with Crippen LogP contribution in [0.25, 0.3) is 5.69 Å². The number of aromatic nitrogens is 2. The van der Waals surface area contributed by atoms with Crippen LogP contribution in [0.15, 0.2) is 35.1 Å². The molecule has 0 radical (unpaired) electrons. The summed E-state index contributed by atoms with van der Waals surface area (Å²) in [6.45, 7) is 4.88. The lowest BCUT2D eigenvalue weighted by molar-refractivity contribution is -0.180. The fourth-order valence-electron chi connectivity index (χ4n) is 5.23. The molecule has 1 aromatic carbocycles. The van der Waals surface area contributed by atoms with Crippen LogP contribution in [0, 0.1) is 6.92 Å². The molecule has 0 saturated carbocycles. The average molecular weight is 382 g/mol. The van der Waals surface area contributed by atoms with Gasteiger partial charge in [0.05, 0.1) is 23.9 Å². The van der Waals surface area contributed by atoms with Crippen molar-refractivity contribution in [1.82, 2.24) is 19.2 Å². The first-order valence-electron chi connectivity index (χ1n) is 10.0. The highest BCUT2D eigenvalue weighted by molar-refractivity contribution is 5.81. The zero-order valence-corrected chi connectivity index (χ0v) is 16.4. The summed E-state index contributed by atoms with van der Waals surface area (Å²) < 4.78 is 9.83. The highest BCUT2D eigenvalue weighted by atomic mass is 16.5. The van der Waals surface area contributed by atoms with Crippen molar-refractivity contribution in [3.05, 3.63) is 51.9 Å². The fourth-order valence-corrected chi connectivity index (χ4v) is 5.23. The quantitative estimate of drug-likeness (QED) is 0.805. The molecule has 0 bridgehead atoms. The van der Waals surface area contributed by atoms with Crippen molar-refractivity contribution in [2.45, 2.75) is 44.5 Å². The Morgan fingerprint density at radius 2 is 1.96 bits per heavy atom. The standard InChI is InChI=1S/C21H26N4O3/c1-15-17(20(27)25(22(15)2)16-7-4-3-5-8-16)14-23-11-9-21-18(23)13-19(26)24(21)10-6-12-28-21/h3-5,7-8,18H,6,9-14H2,1-2H3/t18-,21+/m1/s1. The van der Waals surface area contributed by atoms with Gasteiger partial charge in [-0.05, 0) is 25.5 Å². The Labute approximate surface area is 164 Å². The fraction of sp³-hybridized carbons (Fsp3) is 0.524.